The summed E-state index contributed by atoms with van der Waals surface area (Å²) in [5, 5.41) is 5.08. The van der Waals surface area contributed by atoms with Crippen LogP contribution in [-0.2, 0) is 27.2 Å². The lowest BCUT2D eigenvalue weighted by Gasteiger charge is -2.31. The van der Waals surface area contributed by atoms with Crippen LogP contribution in [0.4, 0.5) is 40.8 Å². The molecule has 2 aliphatic rings. The predicted octanol–water partition coefficient (Wildman–Crippen LogP) is 4.08. The molecule has 2 N–H and O–H groups in total. The third-order valence-corrected chi connectivity index (χ3v) is 8.21. The van der Waals surface area contributed by atoms with Crippen LogP contribution in [0, 0.1) is 0 Å². The minimum Gasteiger partial charge on any atom is -0.439 e. The summed E-state index contributed by atoms with van der Waals surface area (Å²) in [6.07, 6.45) is -2.98. The Bertz CT molecular complexity index is 1600. The minimum atomic E-state index is -4.71. The number of hydrogen-bond donors (Lipinski definition) is 2. The van der Waals surface area contributed by atoms with E-state index < -0.39 is 27.6 Å². The fourth-order valence-electron chi connectivity index (χ4n) is 4.68. The number of sulfone groups is 1. The Morgan fingerprint density at radius 1 is 0.951 bits per heavy atom. The number of rotatable bonds is 5. The van der Waals surface area contributed by atoms with Crippen LogP contribution in [0.1, 0.15) is 18.1 Å². The molecule has 3 heterocycles. The molecular weight excluding hydrogens is 565 g/mol. The number of carbonyl (C=O) groups excluding carboxylic acids is 2. The van der Waals surface area contributed by atoms with Crippen molar-refractivity contribution in [3.05, 3.63) is 59.9 Å². The molecule has 0 unspecified atom stereocenters. The van der Waals surface area contributed by atoms with E-state index in [2.05, 4.69) is 20.6 Å². The Kier molecular flexibility index (Phi) is 7.46. The van der Waals surface area contributed by atoms with Gasteiger partial charge in [-0.3, -0.25) is 9.69 Å². The van der Waals surface area contributed by atoms with Crippen molar-refractivity contribution in [3.8, 4) is 11.6 Å². The van der Waals surface area contributed by atoms with Crippen LogP contribution in [0.2, 0.25) is 0 Å². The highest BCUT2D eigenvalue weighted by molar-refractivity contribution is 7.91. The number of aromatic nitrogens is 2. The van der Waals surface area contributed by atoms with Crippen LogP contribution in [0.5, 0.6) is 11.6 Å². The number of nitrogens with one attached hydrogen (secondary N) is 2. The Labute approximate surface area is 233 Å². The van der Waals surface area contributed by atoms with E-state index in [0.717, 1.165) is 11.6 Å². The Balaban J connectivity index is 1.30. The second-order valence-corrected chi connectivity index (χ2v) is 11.8. The molecule has 5 rings (SSSR count). The SMILES string of the molecule is CC(=O)Nc1cc(Oc2ccc3c(c2)CCN3C(=O)Nc2ccc(N3CCS(=O)(=O)CC3)c(C(F)(F)F)c2)ncn1. The second-order valence-electron chi connectivity index (χ2n) is 9.52. The van der Waals surface area contributed by atoms with Gasteiger partial charge < -0.3 is 20.3 Å². The van der Waals surface area contributed by atoms with E-state index in [1.807, 2.05) is 0 Å². The molecule has 3 amide bonds. The first-order valence-electron chi connectivity index (χ1n) is 12.5. The summed E-state index contributed by atoms with van der Waals surface area (Å²) in [6.45, 7) is 1.57. The van der Waals surface area contributed by atoms with Gasteiger partial charge in [-0.1, -0.05) is 0 Å². The lowest BCUT2D eigenvalue weighted by molar-refractivity contribution is -0.137. The number of benzene rings is 2. The minimum absolute atomic E-state index is 0.0390. The first kappa shape index (κ1) is 28.1. The molecule has 41 heavy (non-hydrogen) atoms. The third-order valence-electron chi connectivity index (χ3n) is 6.60. The van der Waals surface area contributed by atoms with Crippen LogP contribution in [-0.4, -0.2) is 61.5 Å². The largest absolute Gasteiger partial charge is 0.439 e. The second kappa shape index (κ2) is 10.9. The monoisotopic (exact) mass is 590 g/mol. The van der Waals surface area contributed by atoms with Crippen LogP contribution in [0.3, 0.4) is 0 Å². The summed E-state index contributed by atoms with van der Waals surface area (Å²) in [4.78, 5) is 35.1. The molecule has 1 aromatic heterocycles. The topological polar surface area (TPSA) is 134 Å². The predicted molar refractivity (Wildman–Crippen MR) is 145 cm³/mol. The molecule has 0 aliphatic carbocycles. The van der Waals surface area contributed by atoms with Crippen molar-refractivity contribution < 1.29 is 35.9 Å². The molecular formula is C26H25F3N6O5S. The average Bonchev–Trinajstić information content (AvgIpc) is 3.32. The van der Waals surface area contributed by atoms with Gasteiger partial charge in [0.05, 0.1) is 17.1 Å². The van der Waals surface area contributed by atoms with Gasteiger partial charge in [0.1, 0.15) is 17.9 Å². The lowest BCUT2D eigenvalue weighted by atomic mass is 10.1. The molecule has 15 heteroatoms. The number of fused-ring (bicyclic) bond motifs is 1. The maximum absolute atomic E-state index is 13.9. The number of carbonyl (C=O) groups is 2. The maximum atomic E-state index is 13.9. The lowest BCUT2D eigenvalue weighted by Crippen LogP contribution is -2.41. The molecule has 1 fully saturated rings. The fraction of sp³-hybridized carbons (Fsp3) is 0.308. The fourth-order valence-corrected chi connectivity index (χ4v) is 5.88. The summed E-state index contributed by atoms with van der Waals surface area (Å²) in [5.41, 5.74) is 0.253. The molecule has 11 nitrogen and oxygen atoms in total. The average molecular weight is 591 g/mol. The van der Waals surface area contributed by atoms with Gasteiger partial charge in [-0.2, -0.15) is 13.2 Å². The molecule has 2 aromatic carbocycles. The van der Waals surface area contributed by atoms with Crippen LogP contribution in [0.25, 0.3) is 0 Å². The molecule has 0 atom stereocenters. The maximum Gasteiger partial charge on any atom is 0.418 e. The van der Waals surface area contributed by atoms with E-state index >= 15 is 0 Å². The van der Waals surface area contributed by atoms with Crippen molar-refractivity contribution in [2.45, 2.75) is 19.5 Å². The zero-order valence-electron chi connectivity index (χ0n) is 21.7. The molecule has 1 saturated heterocycles. The number of ether oxygens (including phenoxy) is 1. The van der Waals surface area contributed by atoms with E-state index in [4.69, 9.17) is 4.74 Å². The first-order chi connectivity index (χ1) is 19.4. The Morgan fingerprint density at radius 3 is 2.39 bits per heavy atom. The summed E-state index contributed by atoms with van der Waals surface area (Å²) in [6, 6.07) is 9.38. The Morgan fingerprint density at radius 2 is 1.68 bits per heavy atom. The van der Waals surface area contributed by atoms with Crippen molar-refractivity contribution in [1.29, 1.82) is 0 Å². The number of amides is 3. The van der Waals surface area contributed by atoms with E-state index in [1.54, 1.807) is 18.2 Å². The van der Waals surface area contributed by atoms with Gasteiger partial charge in [0.15, 0.2) is 9.84 Å². The third kappa shape index (κ3) is 6.51. The van der Waals surface area contributed by atoms with Gasteiger partial charge in [0.25, 0.3) is 0 Å². The highest BCUT2D eigenvalue weighted by Gasteiger charge is 2.37. The van der Waals surface area contributed by atoms with Gasteiger partial charge in [-0.15, -0.1) is 0 Å². The molecule has 0 radical (unpaired) electrons. The molecule has 0 bridgehead atoms. The van der Waals surface area contributed by atoms with Gasteiger partial charge in [-0.25, -0.2) is 23.2 Å². The van der Waals surface area contributed by atoms with Crippen molar-refractivity contribution in [3.63, 3.8) is 0 Å². The Hall–Kier alpha value is -4.40. The molecule has 0 spiro atoms. The quantitative estimate of drug-likeness (QED) is 0.454. The smallest absolute Gasteiger partial charge is 0.418 e. The highest BCUT2D eigenvalue weighted by Crippen LogP contribution is 2.39. The number of nitrogens with zero attached hydrogens (tertiary/aromatic N) is 4. The molecule has 216 valence electrons. The van der Waals surface area contributed by atoms with Gasteiger partial charge in [0.2, 0.25) is 11.8 Å². The van der Waals surface area contributed by atoms with E-state index in [1.165, 1.54) is 41.2 Å². The number of halogens is 3. The van der Waals surface area contributed by atoms with Gasteiger partial charge >= 0.3 is 12.2 Å². The van der Waals surface area contributed by atoms with Crippen molar-refractivity contribution in [1.82, 2.24) is 9.97 Å². The van der Waals surface area contributed by atoms with Gasteiger partial charge in [-0.05, 0) is 48.4 Å². The van der Waals surface area contributed by atoms with Crippen LogP contribution in [0.15, 0.2) is 48.8 Å². The summed E-state index contributed by atoms with van der Waals surface area (Å²) >= 11 is 0. The molecule has 2 aliphatic heterocycles. The zero-order valence-corrected chi connectivity index (χ0v) is 22.6. The zero-order chi connectivity index (χ0) is 29.4. The number of alkyl halides is 3. The molecule has 3 aromatic rings. The van der Waals surface area contributed by atoms with Crippen molar-refractivity contribution in [2.24, 2.45) is 0 Å². The highest BCUT2D eigenvalue weighted by atomic mass is 32.2. The van der Waals surface area contributed by atoms with E-state index in [-0.39, 0.29) is 53.6 Å². The summed E-state index contributed by atoms with van der Waals surface area (Å²) < 4.78 is 71.0. The van der Waals surface area contributed by atoms with Crippen LogP contribution < -0.4 is 25.2 Å². The van der Waals surface area contributed by atoms with Crippen LogP contribution >= 0.6 is 0 Å². The van der Waals surface area contributed by atoms with Crippen molar-refractivity contribution >= 4 is 44.7 Å². The van der Waals surface area contributed by atoms with Crippen molar-refractivity contribution in [2.75, 3.05) is 51.6 Å². The number of urea groups is 1. The normalized spacial score (nSPS) is 16.2. The van der Waals surface area contributed by atoms with E-state index in [0.29, 0.717) is 24.4 Å². The first-order valence-corrected chi connectivity index (χ1v) is 14.4. The molecule has 0 saturated carbocycles. The number of anilines is 4. The number of hydrogen-bond acceptors (Lipinski definition) is 8. The summed E-state index contributed by atoms with van der Waals surface area (Å²) in [7, 11) is -3.27. The van der Waals surface area contributed by atoms with E-state index in [9.17, 15) is 31.2 Å². The van der Waals surface area contributed by atoms with Gasteiger partial charge in [0, 0.05) is 49.7 Å². The standard InChI is InChI=1S/C26H25F3N6O5S/c1-16(36)32-23-14-24(31-15-30-23)40-19-3-5-21-17(12-19)6-7-35(21)25(37)33-18-2-4-22(20(13-18)26(27,28)29)34-8-10-41(38,39)11-9-34/h2-5,12-15H,6-11H2,1H3,(H,33,37)(H,30,31,32,36). The summed E-state index contributed by atoms with van der Waals surface area (Å²) in [5.74, 6) is 0.177.